The van der Waals surface area contributed by atoms with Crippen LogP contribution in [-0.2, 0) is 4.79 Å². The highest BCUT2D eigenvalue weighted by Gasteiger charge is 2.23. The van der Waals surface area contributed by atoms with E-state index < -0.39 is 6.03 Å². The van der Waals surface area contributed by atoms with Gasteiger partial charge in [-0.25, -0.2) is 4.79 Å². The summed E-state index contributed by atoms with van der Waals surface area (Å²) in [4.78, 5) is 22.9. The zero-order valence-corrected chi connectivity index (χ0v) is 11.0. The van der Waals surface area contributed by atoms with E-state index in [-0.39, 0.29) is 24.5 Å². The van der Waals surface area contributed by atoms with Crippen LogP contribution in [0.4, 0.5) is 4.79 Å². The van der Waals surface area contributed by atoms with E-state index >= 15 is 0 Å². The summed E-state index contributed by atoms with van der Waals surface area (Å²) in [5, 5.41) is 8.09. The first-order chi connectivity index (χ1) is 9.15. The lowest BCUT2D eigenvalue weighted by molar-refractivity contribution is -0.119. The highest BCUT2D eigenvalue weighted by Crippen LogP contribution is 2.18. The Morgan fingerprint density at radius 1 is 1.26 bits per heavy atom. The average Bonchev–Trinajstić information content (AvgIpc) is 3.20. The van der Waals surface area contributed by atoms with E-state index in [0.717, 1.165) is 18.4 Å². The van der Waals surface area contributed by atoms with Crippen LogP contribution >= 0.6 is 0 Å². The number of rotatable bonds is 5. The molecule has 0 radical (unpaired) electrons. The van der Waals surface area contributed by atoms with Gasteiger partial charge in [-0.05, 0) is 25.3 Å². The Labute approximate surface area is 112 Å². The zero-order valence-electron chi connectivity index (χ0n) is 11.0. The van der Waals surface area contributed by atoms with Gasteiger partial charge >= 0.3 is 6.03 Å². The molecule has 2 rings (SSSR count). The summed E-state index contributed by atoms with van der Waals surface area (Å²) in [6.45, 7) is 2.10. The quantitative estimate of drug-likeness (QED) is 0.749. The third kappa shape index (κ3) is 4.71. The summed E-state index contributed by atoms with van der Waals surface area (Å²) in [6, 6.07) is 9.77. The van der Waals surface area contributed by atoms with Crippen LogP contribution in [0.15, 0.2) is 30.3 Å². The predicted octanol–water partition coefficient (Wildman–Crippen LogP) is 1.33. The molecule has 0 aromatic heterocycles. The third-order valence-electron chi connectivity index (χ3n) is 3.03. The summed E-state index contributed by atoms with van der Waals surface area (Å²) in [5.74, 6) is -0.319. The molecule has 1 aliphatic carbocycles. The molecule has 1 aromatic carbocycles. The minimum Gasteiger partial charge on any atom is -0.335 e. The Bertz CT molecular complexity index is 443. The molecular formula is C14H19N3O2. The van der Waals surface area contributed by atoms with Crippen molar-refractivity contribution in [1.29, 1.82) is 0 Å². The smallest absolute Gasteiger partial charge is 0.321 e. The Morgan fingerprint density at radius 2 is 1.95 bits per heavy atom. The maximum absolute atomic E-state index is 11.6. The Hall–Kier alpha value is -1.88. The SMILES string of the molecule is C[C@@H](NCC(=O)NC(=O)NC1CC1)c1ccccc1. The molecule has 0 heterocycles. The zero-order chi connectivity index (χ0) is 13.7. The van der Waals surface area contributed by atoms with Gasteiger partial charge in [-0.3, -0.25) is 10.1 Å². The summed E-state index contributed by atoms with van der Waals surface area (Å²) in [5.41, 5.74) is 1.11. The first-order valence-electron chi connectivity index (χ1n) is 6.54. The van der Waals surface area contributed by atoms with Gasteiger partial charge in [-0.15, -0.1) is 0 Å². The van der Waals surface area contributed by atoms with Crippen molar-refractivity contribution in [2.75, 3.05) is 6.54 Å². The maximum atomic E-state index is 11.6. The fourth-order valence-corrected chi connectivity index (χ4v) is 1.73. The van der Waals surface area contributed by atoms with Crippen molar-refractivity contribution in [1.82, 2.24) is 16.0 Å². The molecule has 1 saturated carbocycles. The largest absolute Gasteiger partial charge is 0.335 e. The van der Waals surface area contributed by atoms with Crippen molar-refractivity contribution in [2.45, 2.75) is 31.8 Å². The number of imide groups is 1. The van der Waals surface area contributed by atoms with E-state index in [1.54, 1.807) is 0 Å². The van der Waals surface area contributed by atoms with Crippen LogP contribution in [0.1, 0.15) is 31.4 Å². The minimum absolute atomic E-state index is 0.0680. The van der Waals surface area contributed by atoms with Gasteiger partial charge in [0, 0.05) is 12.1 Å². The first kappa shape index (κ1) is 13.5. The summed E-state index contributed by atoms with van der Waals surface area (Å²) < 4.78 is 0. The maximum Gasteiger partial charge on any atom is 0.321 e. The van der Waals surface area contributed by atoms with Gasteiger partial charge in [-0.1, -0.05) is 30.3 Å². The molecule has 5 heteroatoms. The van der Waals surface area contributed by atoms with Gasteiger partial charge in [0.2, 0.25) is 5.91 Å². The molecule has 0 aliphatic heterocycles. The first-order valence-corrected chi connectivity index (χ1v) is 6.54. The van der Waals surface area contributed by atoms with Gasteiger partial charge in [-0.2, -0.15) is 0 Å². The molecule has 0 unspecified atom stereocenters. The predicted molar refractivity (Wildman–Crippen MR) is 72.6 cm³/mol. The van der Waals surface area contributed by atoms with E-state index in [0.29, 0.717) is 0 Å². The molecule has 19 heavy (non-hydrogen) atoms. The summed E-state index contributed by atoms with van der Waals surface area (Å²) in [6.07, 6.45) is 2.01. The summed E-state index contributed by atoms with van der Waals surface area (Å²) in [7, 11) is 0. The molecular weight excluding hydrogens is 242 g/mol. The van der Waals surface area contributed by atoms with Gasteiger partial charge in [0.05, 0.1) is 6.54 Å². The molecule has 1 fully saturated rings. The lowest BCUT2D eigenvalue weighted by Gasteiger charge is -2.13. The van der Waals surface area contributed by atoms with Crippen molar-refractivity contribution >= 4 is 11.9 Å². The van der Waals surface area contributed by atoms with Gasteiger partial charge < -0.3 is 10.6 Å². The molecule has 0 saturated heterocycles. The number of carbonyl (C=O) groups is 2. The number of hydrogen-bond donors (Lipinski definition) is 3. The van der Waals surface area contributed by atoms with E-state index in [4.69, 9.17) is 0 Å². The molecule has 1 aromatic rings. The van der Waals surface area contributed by atoms with E-state index in [9.17, 15) is 9.59 Å². The van der Waals surface area contributed by atoms with Crippen LogP contribution in [0.5, 0.6) is 0 Å². The molecule has 1 aliphatic rings. The Morgan fingerprint density at radius 3 is 2.58 bits per heavy atom. The van der Waals surface area contributed by atoms with Crippen molar-refractivity contribution in [3.63, 3.8) is 0 Å². The van der Waals surface area contributed by atoms with Gasteiger partial charge in [0.15, 0.2) is 0 Å². The normalized spacial score (nSPS) is 15.6. The van der Waals surface area contributed by atoms with Gasteiger partial charge in [0.25, 0.3) is 0 Å². The van der Waals surface area contributed by atoms with Crippen LogP contribution in [0.2, 0.25) is 0 Å². The molecule has 0 bridgehead atoms. The van der Waals surface area contributed by atoms with Crippen LogP contribution in [0.25, 0.3) is 0 Å². The fraction of sp³-hybridized carbons (Fsp3) is 0.429. The molecule has 3 amide bonds. The van der Waals surface area contributed by atoms with Crippen LogP contribution < -0.4 is 16.0 Å². The molecule has 5 nitrogen and oxygen atoms in total. The number of carbonyl (C=O) groups excluding carboxylic acids is 2. The standard InChI is InChI=1S/C14H19N3O2/c1-10(11-5-3-2-4-6-11)15-9-13(18)17-14(19)16-12-7-8-12/h2-6,10,12,15H,7-9H2,1H3,(H2,16,17,18,19)/t10-/m1/s1. The average molecular weight is 261 g/mol. The van der Waals surface area contributed by atoms with Gasteiger partial charge in [0.1, 0.15) is 0 Å². The second kappa shape index (κ2) is 6.33. The van der Waals surface area contributed by atoms with Crippen molar-refractivity contribution in [3.05, 3.63) is 35.9 Å². The Balaban J connectivity index is 1.69. The minimum atomic E-state index is -0.401. The lowest BCUT2D eigenvalue weighted by Crippen LogP contribution is -2.44. The second-order valence-corrected chi connectivity index (χ2v) is 4.81. The fourth-order valence-electron chi connectivity index (χ4n) is 1.73. The highest BCUT2D eigenvalue weighted by atomic mass is 16.2. The monoisotopic (exact) mass is 261 g/mol. The third-order valence-corrected chi connectivity index (χ3v) is 3.03. The number of hydrogen-bond acceptors (Lipinski definition) is 3. The number of nitrogens with one attached hydrogen (secondary N) is 3. The molecule has 1 atom stereocenters. The van der Waals surface area contributed by atoms with E-state index in [1.807, 2.05) is 37.3 Å². The highest BCUT2D eigenvalue weighted by molar-refractivity contribution is 5.95. The van der Waals surface area contributed by atoms with Crippen molar-refractivity contribution in [3.8, 4) is 0 Å². The summed E-state index contributed by atoms with van der Waals surface area (Å²) >= 11 is 0. The second-order valence-electron chi connectivity index (χ2n) is 4.81. The van der Waals surface area contributed by atoms with E-state index in [2.05, 4.69) is 16.0 Å². The molecule has 0 spiro atoms. The lowest BCUT2D eigenvalue weighted by atomic mass is 10.1. The Kier molecular flexibility index (Phi) is 4.52. The van der Waals surface area contributed by atoms with Crippen molar-refractivity contribution in [2.24, 2.45) is 0 Å². The van der Waals surface area contributed by atoms with Crippen LogP contribution in [0, 0.1) is 0 Å². The van der Waals surface area contributed by atoms with Crippen LogP contribution in [-0.4, -0.2) is 24.5 Å². The number of amides is 3. The van der Waals surface area contributed by atoms with Crippen LogP contribution in [0.3, 0.4) is 0 Å². The molecule has 3 N–H and O–H groups in total. The number of benzene rings is 1. The molecule has 102 valence electrons. The van der Waals surface area contributed by atoms with E-state index in [1.165, 1.54) is 0 Å². The number of urea groups is 1. The topological polar surface area (TPSA) is 70.2 Å². The van der Waals surface area contributed by atoms with Crippen molar-refractivity contribution < 1.29 is 9.59 Å².